The molecule has 1 aromatic carbocycles. The zero-order chi connectivity index (χ0) is 18.6. The SMILES string of the molecule is Oc1ccc(/C=N\Nc2nc(N3CCCC3)nc(N3CCCC3)n2)cc1O. The lowest BCUT2D eigenvalue weighted by Crippen LogP contribution is -2.25. The highest BCUT2D eigenvalue weighted by Gasteiger charge is 2.21. The quantitative estimate of drug-likeness (QED) is 0.417. The third-order valence-corrected chi connectivity index (χ3v) is 4.77. The van der Waals surface area contributed by atoms with Crippen LogP contribution >= 0.6 is 0 Å². The first-order valence-electron chi connectivity index (χ1n) is 9.26. The van der Waals surface area contributed by atoms with E-state index in [0.717, 1.165) is 51.9 Å². The van der Waals surface area contributed by atoms with Crippen molar-refractivity contribution in [1.82, 2.24) is 15.0 Å². The van der Waals surface area contributed by atoms with E-state index in [1.807, 2.05) is 0 Å². The van der Waals surface area contributed by atoms with Crippen LogP contribution in [0.5, 0.6) is 11.5 Å². The molecule has 0 spiro atoms. The lowest BCUT2D eigenvalue weighted by atomic mass is 10.2. The maximum atomic E-state index is 9.56. The standard InChI is InChI=1S/C18H23N7O2/c26-14-6-5-13(11-15(14)27)12-19-23-16-20-17(24-7-1-2-8-24)22-18(21-16)25-9-3-4-10-25/h5-6,11-12,26-27H,1-4,7-10H2,(H,20,21,22,23)/b19-12-. The van der Waals surface area contributed by atoms with Gasteiger partial charge < -0.3 is 20.0 Å². The predicted octanol–water partition coefficient (Wildman–Crippen LogP) is 1.93. The second-order valence-electron chi connectivity index (χ2n) is 6.77. The number of phenolic OH excluding ortho intramolecular Hbond substituents is 2. The molecule has 2 fully saturated rings. The van der Waals surface area contributed by atoms with Crippen LogP contribution in [0.15, 0.2) is 23.3 Å². The summed E-state index contributed by atoms with van der Waals surface area (Å²) in [7, 11) is 0. The van der Waals surface area contributed by atoms with Gasteiger partial charge in [-0.25, -0.2) is 5.43 Å². The summed E-state index contributed by atoms with van der Waals surface area (Å²) in [5.74, 6) is 1.41. The van der Waals surface area contributed by atoms with Crippen molar-refractivity contribution in [3.8, 4) is 11.5 Å². The molecule has 0 atom stereocenters. The molecule has 3 N–H and O–H groups in total. The minimum Gasteiger partial charge on any atom is -0.504 e. The summed E-state index contributed by atoms with van der Waals surface area (Å²) in [5.41, 5.74) is 3.51. The van der Waals surface area contributed by atoms with Crippen LogP contribution in [-0.2, 0) is 0 Å². The summed E-state index contributed by atoms with van der Waals surface area (Å²) in [6.07, 6.45) is 6.13. The van der Waals surface area contributed by atoms with Gasteiger partial charge in [-0.1, -0.05) is 0 Å². The molecule has 0 radical (unpaired) electrons. The fraction of sp³-hybridized carbons (Fsp3) is 0.444. The molecule has 0 bridgehead atoms. The van der Waals surface area contributed by atoms with Gasteiger partial charge in [-0.15, -0.1) is 0 Å². The Morgan fingerprint density at radius 2 is 1.44 bits per heavy atom. The molecule has 9 nitrogen and oxygen atoms in total. The molecule has 2 saturated heterocycles. The molecule has 0 aliphatic carbocycles. The van der Waals surface area contributed by atoms with Crippen LogP contribution in [0.1, 0.15) is 31.2 Å². The van der Waals surface area contributed by atoms with Crippen molar-refractivity contribution in [2.75, 3.05) is 41.4 Å². The fourth-order valence-electron chi connectivity index (χ4n) is 3.31. The number of aromatic nitrogens is 3. The van der Waals surface area contributed by atoms with Crippen molar-refractivity contribution in [1.29, 1.82) is 0 Å². The number of aromatic hydroxyl groups is 2. The predicted molar refractivity (Wildman–Crippen MR) is 104 cm³/mol. The van der Waals surface area contributed by atoms with E-state index < -0.39 is 0 Å². The zero-order valence-corrected chi connectivity index (χ0v) is 15.0. The Kier molecular flexibility index (Phi) is 4.91. The number of anilines is 3. The van der Waals surface area contributed by atoms with Gasteiger partial charge in [0, 0.05) is 26.2 Å². The molecule has 2 aromatic rings. The summed E-state index contributed by atoms with van der Waals surface area (Å²) in [6, 6.07) is 4.49. The van der Waals surface area contributed by atoms with Crippen LogP contribution in [0, 0.1) is 0 Å². The molecule has 9 heteroatoms. The molecule has 142 valence electrons. The second kappa shape index (κ2) is 7.65. The average molecular weight is 369 g/mol. The molecule has 0 saturated carbocycles. The van der Waals surface area contributed by atoms with Crippen molar-refractivity contribution < 1.29 is 10.2 Å². The Balaban J connectivity index is 1.54. The molecule has 2 aliphatic heterocycles. The van der Waals surface area contributed by atoms with E-state index >= 15 is 0 Å². The lowest BCUT2D eigenvalue weighted by molar-refractivity contribution is 0.403. The Morgan fingerprint density at radius 1 is 0.852 bits per heavy atom. The molecule has 3 heterocycles. The molecule has 0 amide bonds. The van der Waals surface area contributed by atoms with Gasteiger partial charge in [-0.05, 0) is 49.4 Å². The van der Waals surface area contributed by atoms with Crippen LogP contribution < -0.4 is 15.2 Å². The minimum absolute atomic E-state index is 0.164. The Labute approximate surface area is 157 Å². The summed E-state index contributed by atoms with van der Waals surface area (Å²) in [4.78, 5) is 18.0. The first kappa shape index (κ1) is 17.3. The highest BCUT2D eigenvalue weighted by atomic mass is 16.3. The number of nitrogens with one attached hydrogen (secondary N) is 1. The van der Waals surface area contributed by atoms with Crippen LogP contribution in [-0.4, -0.2) is 57.6 Å². The number of hydrogen-bond donors (Lipinski definition) is 3. The lowest BCUT2D eigenvalue weighted by Gasteiger charge is -2.20. The Morgan fingerprint density at radius 3 is 2.00 bits per heavy atom. The molecule has 4 rings (SSSR count). The molecule has 2 aliphatic rings. The van der Waals surface area contributed by atoms with Crippen LogP contribution in [0.4, 0.5) is 17.8 Å². The van der Waals surface area contributed by atoms with Gasteiger partial charge >= 0.3 is 0 Å². The number of rotatable bonds is 5. The summed E-state index contributed by atoms with van der Waals surface area (Å²) < 4.78 is 0. The number of nitrogens with zero attached hydrogens (tertiary/aromatic N) is 6. The van der Waals surface area contributed by atoms with Crippen LogP contribution in [0.2, 0.25) is 0 Å². The smallest absolute Gasteiger partial charge is 0.250 e. The maximum Gasteiger partial charge on any atom is 0.250 e. The maximum absolute atomic E-state index is 9.56. The number of phenols is 2. The normalized spacial score (nSPS) is 17.2. The van der Waals surface area contributed by atoms with Gasteiger partial charge in [-0.3, -0.25) is 0 Å². The molecule has 0 unspecified atom stereocenters. The van der Waals surface area contributed by atoms with E-state index in [0.29, 0.717) is 23.4 Å². The van der Waals surface area contributed by atoms with E-state index in [9.17, 15) is 10.2 Å². The van der Waals surface area contributed by atoms with Gasteiger partial charge in [-0.2, -0.15) is 20.1 Å². The highest BCUT2D eigenvalue weighted by Crippen LogP contribution is 2.24. The summed E-state index contributed by atoms with van der Waals surface area (Å²) in [5, 5.41) is 23.1. The third kappa shape index (κ3) is 4.02. The van der Waals surface area contributed by atoms with E-state index in [1.165, 1.54) is 18.3 Å². The van der Waals surface area contributed by atoms with Crippen LogP contribution in [0.3, 0.4) is 0 Å². The van der Waals surface area contributed by atoms with Gasteiger partial charge in [0.05, 0.1) is 6.21 Å². The molecule has 27 heavy (non-hydrogen) atoms. The molecular formula is C18H23N7O2. The number of hydrogen-bond acceptors (Lipinski definition) is 9. The number of benzene rings is 1. The molecular weight excluding hydrogens is 346 g/mol. The zero-order valence-electron chi connectivity index (χ0n) is 15.0. The monoisotopic (exact) mass is 369 g/mol. The van der Waals surface area contributed by atoms with Gasteiger partial charge in [0.15, 0.2) is 11.5 Å². The Bertz CT molecular complexity index is 796. The van der Waals surface area contributed by atoms with Crippen molar-refractivity contribution >= 4 is 24.1 Å². The van der Waals surface area contributed by atoms with Crippen molar-refractivity contribution in [3.63, 3.8) is 0 Å². The fourth-order valence-corrected chi connectivity index (χ4v) is 3.31. The van der Waals surface area contributed by atoms with E-state index in [-0.39, 0.29) is 11.5 Å². The summed E-state index contributed by atoms with van der Waals surface area (Å²) >= 11 is 0. The summed E-state index contributed by atoms with van der Waals surface area (Å²) in [6.45, 7) is 3.83. The third-order valence-electron chi connectivity index (χ3n) is 4.77. The molecule has 1 aromatic heterocycles. The Hall–Kier alpha value is -3.10. The van der Waals surface area contributed by atoms with Crippen molar-refractivity contribution in [3.05, 3.63) is 23.8 Å². The topological polar surface area (TPSA) is 110 Å². The first-order valence-corrected chi connectivity index (χ1v) is 9.26. The highest BCUT2D eigenvalue weighted by molar-refractivity contribution is 5.81. The van der Waals surface area contributed by atoms with Crippen LogP contribution in [0.25, 0.3) is 0 Å². The second-order valence-corrected chi connectivity index (χ2v) is 6.77. The van der Waals surface area contributed by atoms with Gasteiger partial charge in [0.1, 0.15) is 0 Å². The van der Waals surface area contributed by atoms with Crippen molar-refractivity contribution in [2.45, 2.75) is 25.7 Å². The van der Waals surface area contributed by atoms with Crippen molar-refractivity contribution in [2.24, 2.45) is 5.10 Å². The minimum atomic E-state index is -0.188. The first-order chi connectivity index (χ1) is 13.2. The van der Waals surface area contributed by atoms with Gasteiger partial charge in [0.25, 0.3) is 0 Å². The van der Waals surface area contributed by atoms with E-state index in [4.69, 9.17) is 0 Å². The van der Waals surface area contributed by atoms with E-state index in [2.05, 4.69) is 35.3 Å². The van der Waals surface area contributed by atoms with Gasteiger partial charge in [0.2, 0.25) is 17.8 Å². The van der Waals surface area contributed by atoms with E-state index in [1.54, 1.807) is 6.07 Å². The largest absolute Gasteiger partial charge is 0.504 e. The number of hydrazone groups is 1. The average Bonchev–Trinajstić information content (AvgIpc) is 3.38.